The van der Waals surface area contributed by atoms with Gasteiger partial charge in [-0.05, 0) is 70.6 Å². The van der Waals surface area contributed by atoms with Crippen LogP contribution < -0.4 is 86.7 Å². The lowest BCUT2D eigenvalue weighted by atomic mass is 10.0. The van der Waals surface area contributed by atoms with E-state index in [1.54, 1.807) is 0 Å². The van der Waals surface area contributed by atoms with Crippen LogP contribution in [0.1, 0.15) is 97.8 Å². The lowest BCUT2D eigenvalue weighted by Gasteiger charge is -2.30. The van der Waals surface area contributed by atoms with Gasteiger partial charge in [-0.15, -0.1) is 0 Å². The van der Waals surface area contributed by atoms with Gasteiger partial charge in [0.2, 0.25) is 53.2 Å². The van der Waals surface area contributed by atoms with Crippen molar-refractivity contribution in [3.63, 3.8) is 0 Å². The molecule has 28 N–H and O–H groups in total. The third kappa shape index (κ3) is 33.3. The van der Waals surface area contributed by atoms with E-state index in [-0.39, 0.29) is 64.1 Å². The molecule has 0 aromatic heterocycles. The Bertz CT molecular complexity index is 2310. The van der Waals surface area contributed by atoms with Crippen LogP contribution in [0.15, 0.2) is 0 Å². The molecule has 9 amide bonds. The van der Waals surface area contributed by atoms with Gasteiger partial charge in [0.05, 0.1) is 18.7 Å². The van der Waals surface area contributed by atoms with Gasteiger partial charge in [-0.2, -0.15) is 0 Å². The van der Waals surface area contributed by atoms with Gasteiger partial charge in [-0.3, -0.25) is 78.6 Å². The number of rotatable bonds is 42. The van der Waals surface area contributed by atoms with E-state index in [4.69, 9.17) is 44.3 Å². The Balaban J connectivity index is 6.78. The fourth-order valence-electron chi connectivity index (χ4n) is 7.20. The van der Waals surface area contributed by atoms with Crippen LogP contribution in [0.4, 0.5) is 0 Å². The molecular weight excluding hydrogens is 1110 g/mol. The Morgan fingerprint density at radius 2 is 0.711 bits per heavy atom. The van der Waals surface area contributed by atoms with Crippen molar-refractivity contribution in [2.24, 2.45) is 28.9 Å². The molecule has 0 aromatic rings. The number of nitrogens with one attached hydrogen (secondary N) is 15. The minimum absolute atomic E-state index is 0.0339. The molecule has 0 radical (unpaired) electrons. The number of carbonyl (C=O) groups excluding carboxylic acids is 9. The molecule has 0 aliphatic rings. The van der Waals surface area contributed by atoms with Gasteiger partial charge in [-0.25, -0.2) is 0 Å². The van der Waals surface area contributed by atoms with Crippen molar-refractivity contribution in [2.45, 2.75) is 152 Å². The first-order chi connectivity index (χ1) is 38.7. The van der Waals surface area contributed by atoms with Crippen LogP contribution in [-0.2, 0) is 62.3 Å². The standard InChI is InChI=1S/C46H81N19O18/c1-21(2)34(64-43(83)35(22(3)66)65-41(81)28(12-15-32(72)73)62-38(78)24(8-5-17-55-45(50)51)59-36(76)23(47)7-4-16-54-44(48)49)42(82)63-27(11-14-31(70)71)40(80)60-25(9-6-18-56-46(52)53)39(79)61-26(10-13-30(68)69)37(77)58-19-29(67)57-20-33(74)75/h21-28,34-35,66H,4-20,47H2,1-3H3,(H,57,67)(H,58,77)(H,59,76)(H,60,80)(H,61,79)(H,62,78)(H,63,82)(H,64,83)(H,65,81)(H,68,69)(H,70,71)(H,72,73)(H,74,75)(H4,48,49,54)(H4,50,51,55)(H4,52,53,56)/t22-,23+,24+,25+,26+,27+,28+,34+,35+/m1/s1. The largest absolute Gasteiger partial charge is 0.481 e. The molecule has 83 heavy (non-hydrogen) atoms. The van der Waals surface area contributed by atoms with E-state index in [1.807, 2.05) is 5.32 Å². The number of carboxylic acids is 4. The number of amides is 9. The Labute approximate surface area is 475 Å². The van der Waals surface area contributed by atoms with Gasteiger partial charge >= 0.3 is 23.9 Å². The maximum Gasteiger partial charge on any atom is 0.322 e. The number of hydrogen-bond donors (Lipinski definition) is 24. The molecule has 0 saturated carbocycles. The van der Waals surface area contributed by atoms with Crippen molar-refractivity contribution in [3.05, 3.63) is 0 Å². The number of nitrogens with two attached hydrogens (primary N) is 4. The first-order valence-electron chi connectivity index (χ1n) is 26.0. The summed E-state index contributed by atoms with van der Waals surface area (Å²) >= 11 is 0. The van der Waals surface area contributed by atoms with Gasteiger partial charge < -0.3 is 112 Å². The van der Waals surface area contributed by atoms with E-state index in [2.05, 4.69) is 58.5 Å². The van der Waals surface area contributed by atoms with Crippen molar-refractivity contribution >= 4 is 94.9 Å². The molecule has 468 valence electrons. The summed E-state index contributed by atoms with van der Waals surface area (Å²) < 4.78 is 0. The predicted octanol–water partition coefficient (Wildman–Crippen LogP) is -8.55. The van der Waals surface area contributed by atoms with Crippen molar-refractivity contribution < 1.29 is 87.9 Å². The molecule has 0 heterocycles. The van der Waals surface area contributed by atoms with Crippen LogP contribution in [0.25, 0.3) is 0 Å². The zero-order chi connectivity index (χ0) is 63.5. The molecule has 37 heteroatoms. The summed E-state index contributed by atoms with van der Waals surface area (Å²) in [7, 11) is 0. The van der Waals surface area contributed by atoms with E-state index >= 15 is 0 Å². The van der Waals surface area contributed by atoms with Crippen LogP contribution in [0, 0.1) is 22.1 Å². The highest BCUT2D eigenvalue weighted by atomic mass is 16.4. The fourth-order valence-corrected chi connectivity index (χ4v) is 7.20. The number of hydrogen-bond acceptors (Lipinski definition) is 18. The molecule has 0 rings (SSSR count). The summed E-state index contributed by atoms with van der Waals surface area (Å²) in [4.78, 5) is 168. The Hall–Kier alpha value is -9.16. The Morgan fingerprint density at radius 1 is 0.386 bits per heavy atom. The van der Waals surface area contributed by atoms with Crippen molar-refractivity contribution in [1.82, 2.24) is 63.8 Å². The molecule has 0 saturated heterocycles. The molecular formula is C46H81N19O18. The second-order valence-corrected chi connectivity index (χ2v) is 19.0. The summed E-state index contributed by atoms with van der Waals surface area (Å²) in [6.45, 7) is 2.47. The molecule has 0 bridgehead atoms. The van der Waals surface area contributed by atoms with Crippen molar-refractivity contribution in [1.29, 1.82) is 16.2 Å². The quantitative estimate of drug-likeness (QED) is 0.0153. The average molecular weight is 1190 g/mol. The first kappa shape index (κ1) is 73.8. The summed E-state index contributed by atoms with van der Waals surface area (Å²) in [6, 6.07) is -13.1. The van der Waals surface area contributed by atoms with Crippen LogP contribution in [0.5, 0.6) is 0 Å². The normalized spacial score (nSPS) is 14.0. The number of aliphatic hydroxyl groups excluding tert-OH is 1. The van der Waals surface area contributed by atoms with E-state index in [0.717, 1.165) is 6.92 Å². The van der Waals surface area contributed by atoms with Crippen LogP contribution in [0.3, 0.4) is 0 Å². The zero-order valence-corrected chi connectivity index (χ0v) is 46.1. The van der Waals surface area contributed by atoms with Gasteiger partial charge in [0.15, 0.2) is 17.9 Å². The minimum Gasteiger partial charge on any atom is -0.481 e. The van der Waals surface area contributed by atoms with Crippen molar-refractivity contribution in [2.75, 3.05) is 32.7 Å². The molecule has 0 spiro atoms. The third-order valence-electron chi connectivity index (χ3n) is 11.6. The fraction of sp³-hybridized carbons (Fsp3) is 0.652. The molecule has 0 aliphatic carbocycles. The van der Waals surface area contributed by atoms with E-state index < -0.39 is 201 Å². The van der Waals surface area contributed by atoms with E-state index in [0.29, 0.717) is 0 Å². The number of carbonyl (C=O) groups is 13. The highest BCUT2D eigenvalue weighted by Crippen LogP contribution is 2.11. The van der Waals surface area contributed by atoms with Crippen molar-refractivity contribution in [3.8, 4) is 0 Å². The van der Waals surface area contributed by atoms with Crippen LogP contribution in [0.2, 0.25) is 0 Å². The predicted molar refractivity (Wildman–Crippen MR) is 290 cm³/mol. The average Bonchev–Trinajstić information content (AvgIpc) is 3.41. The second kappa shape index (κ2) is 39.3. The Kier molecular flexibility index (Phi) is 34.9. The number of guanidine groups is 3. The van der Waals surface area contributed by atoms with Crippen LogP contribution >= 0.6 is 0 Å². The Morgan fingerprint density at radius 3 is 1.07 bits per heavy atom. The number of aliphatic carboxylic acids is 4. The third-order valence-corrected chi connectivity index (χ3v) is 11.6. The molecule has 0 aliphatic heterocycles. The summed E-state index contributed by atoms with van der Waals surface area (Å²) in [5, 5.41) is 98.0. The SMILES string of the molecule is CC(C)[C@H](NC(=O)[C@@H](NC(=O)[C@H](CCC(=O)O)NC(=O)[C@H](CCCNC(=N)N)NC(=O)[C@@H](N)CCCNC(=N)N)[C@@H](C)O)C(=O)N[C@@H](CCC(=O)O)C(=O)N[C@@H](CCCNC(=N)N)C(=O)N[C@@H](CCC(=O)O)C(=O)NCC(=O)NCC(=O)O. The maximum atomic E-state index is 14.0. The van der Waals surface area contributed by atoms with E-state index in [1.165, 1.54) is 13.8 Å². The molecule has 37 nitrogen and oxygen atoms in total. The van der Waals surface area contributed by atoms with Gasteiger partial charge in [-0.1, -0.05) is 13.8 Å². The molecule has 9 atom stereocenters. The number of carboxylic acid groups (broad SMARTS) is 4. The highest BCUT2D eigenvalue weighted by Gasteiger charge is 2.37. The summed E-state index contributed by atoms with van der Waals surface area (Å²) in [6.07, 6.45) is -5.85. The highest BCUT2D eigenvalue weighted by molar-refractivity contribution is 5.98. The van der Waals surface area contributed by atoms with Gasteiger partial charge in [0, 0.05) is 38.9 Å². The number of aliphatic hydroxyl groups is 1. The lowest BCUT2D eigenvalue weighted by molar-refractivity contribution is -0.140. The summed E-state index contributed by atoms with van der Waals surface area (Å²) in [5.41, 5.74) is 22.0. The lowest BCUT2D eigenvalue weighted by Crippen LogP contribution is -2.62. The molecule has 0 aromatic carbocycles. The second-order valence-electron chi connectivity index (χ2n) is 19.0. The van der Waals surface area contributed by atoms with Gasteiger partial charge in [0.1, 0.15) is 48.8 Å². The topological polar surface area (TPSA) is 643 Å². The molecule has 0 unspecified atom stereocenters. The van der Waals surface area contributed by atoms with Gasteiger partial charge in [0.25, 0.3) is 0 Å². The summed E-state index contributed by atoms with van der Waals surface area (Å²) in [5.74, 6) is -17.6. The molecule has 0 fully saturated rings. The maximum absolute atomic E-state index is 14.0. The first-order valence-corrected chi connectivity index (χ1v) is 26.0. The monoisotopic (exact) mass is 1190 g/mol. The minimum atomic E-state index is -1.96. The van der Waals surface area contributed by atoms with Crippen LogP contribution in [-0.4, -0.2) is 208 Å². The van der Waals surface area contributed by atoms with E-state index in [9.17, 15) is 82.8 Å². The smallest absolute Gasteiger partial charge is 0.322 e. The zero-order valence-electron chi connectivity index (χ0n) is 46.1.